The van der Waals surface area contributed by atoms with E-state index < -0.39 is 0 Å². The first-order valence-electron chi connectivity index (χ1n) is 11.9. The second kappa shape index (κ2) is 9.91. The zero-order valence-electron chi connectivity index (χ0n) is 19.8. The number of halogens is 3. The van der Waals surface area contributed by atoms with Gasteiger partial charge in [-0.3, -0.25) is 9.36 Å². The van der Waals surface area contributed by atoms with Gasteiger partial charge in [-0.15, -0.1) is 0 Å². The van der Waals surface area contributed by atoms with E-state index in [2.05, 4.69) is 34.1 Å². The number of thiazole rings is 1. The quantitative estimate of drug-likeness (QED) is 0.255. The molecule has 4 aromatic rings. The number of aromatic nitrogens is 1. The van der Waals surface area contributed by atoms with Crippen LogP contribution in [0.15, 0.2) is 80.5 Å². The molecule has 0 saturated heterocycles. The van der Waals surface area contributed by atoms with Crippen molar-refractivity contribution >= 4 is 62.2 Å². The van der Waals surface area contributed by atoms with E-state index in [-0.39, 0.29) is 11.6 Å². The summed E-state index contributed by atoms with van der Waals surface area (Å²) < 4.78 is 8.88. The van der Waals surface area contributed by atoms with E-state index >= 15 is 0 Å². The fourth-order valence-corrected chi connectivity index (χ4v) is 7.08. The van der Waals surface area contributed by atoms with Gasteiger partial charge in [0, 0.05) is 15.6 Å². The molecule has 0 spiro atoms. The van der Waals surface area contributed by atoms with E-state index in [0.717, 1.165) is 51.0 Å². The minimum atomic E-state index is -0.349. The van der Waals surface area contributed by atoms with E-state index in [1.807, 2.05) is 49.4 Å². The SMILES string of the molecule is CCOc1ccc(/C=c2/sc3n(c2=O)[C@H](c2ccc(Cl)cc2Cl)C2=C(N=3)c3ccccc3CC2)cc1Br. The first-order chi connectivity index (χ1) is 17.9. The predicted molar refractivity (Wildman–Crippen MR) is 155 cm³/mol. The summed E-state index contributed by atoms with van der Waals surface area (Å²) in [6.45, 7) is 2.53. The molecule has 0 saturated carbocycles. The van der Waals surface area contributed by atoms with Crippen LogP contribution in [0.2, 0.25) is 10.0 Å². The van der Waals surface area contributed by atoms with Gasteiger partial charge in [-0.05, 0) is 88.3 Å². The number of ether oxygens (including phenoxy) is 1. The molecular formula is C29H21BrCl2N2O2S. The number of allylic oxidation sites excluding steroid dienone is 1. The molecule has 0 N–H and O–H groups in total. The van der Waals surface area contributed by atoms with Crippen molar-refractivity contribution in [1.29, 1.82) is 0 Å². The molecular weight excluding hydrogens is 591 g/mol. The summed E-state index contributed by atoms with van der Waals surface area (Å²) in [5, 5.41) is 1.10. The Morgan fingerprint density at radius 2 is 1.97 bits per heavy atom. The third-order valence-electron chi connectivity index (χ3n) is 6.68. The summed E-state index contributed by atoms with van der Waals surface area (Å²) >= 11 is 17.9. The summed E-state index contributed by atoms with van der Waals surface area (Å²) in [4.78, 5) is 19.6. The molecule has 0 fully saturated rings. The Balaban J connectivity index is 1.58. The van der Waals surface area contributed by atoms with Crippen LogP contribution in [0.4, 0.5) is 0 Å². The first-order valence-corrected chi connectivity index (χ1v) is 14.3. The second-order valence-electron chi connectivity index (χ2n) is 8.90. The fourth-order valence-electron chi connectivity index (χ4n) is 5.05. The molecule has 3 aromatic carbocycles. The molecule has 186 valence electrons. The van der Waals surface area contributed by atoms with Crippen LogP contribution in [0.1, 0.15) is 41.6 Å². The normalized spacial score (nSPS) is 16.6. The van der Waals surface area contributed by atoms with Gasteiger partial charge in [-0.25, -0.2) is 4.99 Å². The zero-order valence-corrected chi connectivity index (χ0v) is 23.7. The molecule has 0 radical (unpaired) electrons. The molecule has 37 heavy (non-hydrogen) atoms. The molecule has 2 heterocycles. The summed E-state index contributed by atoms with van der Waals surface area (Å²) in [6.07, 6.45) is 3.59. The van der Waals surface area contributed by atoms with Crippen LogP contribution in [-0.4, -0.2) is 11.2 Å². The summed E-state index contributed by atoms with van der Waals surface area (Å²) in [5.41, 5.74) is 6.09. The van der Waals surface area contributed by atoms with Gasteiger partial charge >= 0.3 is 0 Å². The van der Waals surface area contributed by atoms with Crippen LogP contribution in [0.3, 0.4) is 0 Å². The van der Waals surface area contributed by atoms with Crippen molar-refractivity contribution in [3.63, 3.8) is 0 Å². The lowest BCUT2D eigenvalue weighted by Crippen LogP contribution is -2.38. The first kappa shape index (κ1) is 24.7. The van der Waals surface area contributed by atoms with Crippen molar-refractivity contribution in [2.24, 2.45) is 4.99 Å². The van der Waals surface area contributed by atoms with Gasteiger partial charge < -0.3 is 4.74 Å². The number of nitrogens with zero attached hydrogens (tertiary/aromatic N) is 2. The lowest BCUT2D eigenvalue weighted by molar-refractivity contribution is 0.338. The van der Waals surface area contributed by atoms with Gasteiger partial charge in [0.25, 0.3) is 5.56 Å². The number of aryl methyl sites for hydroxylation is 1. The van der Waals surface area contributed by atoms with Crippen LogP contribution in [0.25, 0.3) is 11.8 Å². The maximum atomic E-state index is 13.9. The van der Waals surface area contributed by atoms with E-state index in [4.69, 9.17) is 32.9 Å². The van der Waals surface area contributed by atoms with Gasteiger partial charge in [0.2, 0.25) is 0 Å². The van der Waals surface area contributed by atoms with Gasteiger partial charge in [0.15, 0.2) is 4.80 Å². The third-order valence-corrected chi connectivity index (χ3v) is 8.85. The Kier molecular flexibility index (Phi) is 6.61. The molecule has 0 unspecified atom stereocenters. The smallest absolute Gasteiger partial charge is 0.271 e. The molecule has 0 bridgehead atoms. The van der Waals surface area contributed by atoms with E-state index in [1.54, 1.807) is 10.6 Å². The molecule has 1 aliphatic heterocycles. The Morgan fingerprint density at radius 1 is 1.14 bits per heavy atom. The number of fused-ring (bicyclic) bond motifs is 3. The largest absolute Gasteiger partial charge is 0.493 e. The Morgan fingerprint density at radius 3 is 2.76 bits per heavy atom. The Labute approximate surface area is 236 Å². The number of benzene rings is 3. The van der Waals surface area contributed by atoms with Crippen molar-refractivity contribution in [3.8, 4) is 5.75 Å². The zero-order chi connectivity index (χ0) is 25.7. The standard InChI is InChI=1S/C29H21BrCl2N2O2S/c1-2-36-24-12-7-16(13-22(24)30)14-25-28(35)34-27(20-11-9-18(31)15-23(20)32)21-10-8-17-5-3-4-6-19(17)26(21)33-29(34)37-25/h3-7,9,11-15,27H,2,8,10H2,1H3/b25-14+/t27-/m1/s1. The Bertz CT molecular complexity index is 1770. The molecule has 4 nitrogen and oxygen atoms in total. The van der Waals surface area contributed by atoms with Gasteiger partial charge in [0.05, 0.1) is 27.4 Å². The predicted octanol–water partition coefficient (Wildman–Crippen LogP) is 6.79. The molecule has 2 aliphatic rings. The minimum Gasteiger partial charge on any atom is -0.493 e. The van der Waals surface area contributed by atoms with Crippen molar-refractivity contribution < 1.29 is 4.74 Å². The highest BCUT2D eigenvalue weighted by Gasteiger charge is 2.33. The van der Waals surface area contributed by atoms with Gasteiger partial charge in [-0.1, -0.05) is 70.9 Å². The monoisotopic (exact) mass is 610 g/mol. The van der Waals surface area contributed by atoms with Crippen LogP contribution in [0.5, 0.6) is 5.75 Å². The molecule has 8 heteroatoms. The topological polar surface area (TPSA) is 43.6 Å². The van der Waals surface area contributed by atoms with Crippen LogP contribution >= 0.6 is 50.5 Å². The average Bonchev–Trinajstić information content (AvgIpc) is 3.19. The summed E-state index contributed by atoms with van der Waals surface area (Å²) in [6, 6.07) is 19.3. The number of hydrogen-bond donors (Lipinski definition) is 0. The lowest BCUT2D eigenvalue weighted by atomic mass is 9.83. The molecule has 1 atom stereocenters. The van der Waals surface area contributed by atoms with Crippen molar-refractivity contribution in [2.45, 2.75) is 25.8 Å². The van der Waals surface area contributed by atoms with Crippen LogP contribution in [-0.2, 0) is 6.42 Å². The molecule has 1 aliphatic carbocycles. The molecule has 1 aromatic heterocycles. The average molecular weight is 612 g/mol. The Hall–Kier alpha value is -2.64. The van der Waals surface area contributed by atoms with Crippen LogP contribution < -0.4 is 19.6 Å². The highest BCUT2D eigenvalue weighted by molar-refractivity contribution is 9.10. The summed E-state index contributed by atoms with van der Waals surface area (Å²) in [7, 11) is 0. The van der Waals surface area contributed by atoms with Crippen LogP contribution in [0, 0.1) is 0 Å². The van der Waals surface area contributed by atoms with E-state index in [1.165, 1.54) is 16.9 Å². The maximum absolute atomic E-state index is 13.9. The second-order valence-corrected chi connectivity index (χ2v) is 11.6. The summed E-state index contributed by atoms with van der Waals surface area (Å²) in [5.74, 6) is 0.768. The molecule has 6 rings (SSSR count). The highest BCUT2D eigenvalue weighted by atomic mass is 79.9. The number of hydrogen-bond acceptors (Lipinski definition) is 4. The fraction of sp³-hybridized carbons (Fsp3) is 0.172. The van der Waals surface area contributed by atoms with Crippen molar-refractivity contribution in [3.05, 3.63) is 123 Å². The minimum absolute atomic E-state index is 0.0878. The molecule has 0 amide bonds. The van der Waals surface area contributed by atoms with Crippen molar-refractivity contribution in [2.75, 3.05) is 6.61 Å². The van der Waals surface area contributed by atoms with Crippen molar-refractivity contribution in [1.82, 2.24) is 4.57 Å². The van der Waals surface area contributed by atoms with Gasteiger partial charge in [-0.2, -0.15) is 0 Å². The van der Waals surface area contributed by atoms with E-state index in [0.29, 0.717) is 26.0 Å². The van der Waals surface area contributed by atoms with E-state index in [9.17, 15) is 4.79 Å². The third kappa shape index (κ3) is 4.40. The van der Waals surface area contributed by atoms with Gasteiger partial charge in [0.1, 0.15) is 5.75 Å². The number of rotatable bonds is 4. The maximum Gasteiger partial charge on any atom is 0.271 e. The highest BCUT2D eigenvalue weighted by Crippen LogP contribution is 2.43. The lowest BCUT2D eigenvalue weighted by Gasteiger charge is -2.31.